The Hall–Kier alpha value is -2.09. The van der Waals surface area contributed by atoms with Crippen LogP contribution in [0.5, 0.6) is 0 Å². The van der Waals surface area contributed by atoms with Crippen LogP contribution in [-0.2, 0) is 6.18 Å². The average molecular weight is 365 g/mol. The number of halogens is 3. The fraction of sp³-hybridized carbons (Fsp3) is 0.353. The molecule has 4 rings (SSSR count). The van der Waals surface area contributed by atoms with Gasteiger partial charge in [0, 0.05) is 17.3 Å². The van der Waals surface area contributed by atoms with Crippen LogP contribution in [0.2, 0.25) is 0 Å². The molecule has 0 aromatic carbocycles. The van der Waals surface area contributed by atoms with Crippen molar-refractivity contribution in [2.24, 2.45) is 0 Å². The topological polar surface area (TPSA) is 51.8 Å². The third-order valence-corrected chi connectivity index (χ3v) is 4.91. The summed E-state index contributed by atoms with van der Waals surface area (Å²) in [5.74, 6) is 1.61. The van der Waals surface area contributed by atoms with Crippen molar-refractivity contribution in [3.05, 3.63) is 35.7 Å². The van der Waals surface area contributed by atoms with Crippen LogP contribution in [0.3, 0.4) is 0 Å². The highest BCUT2D eigenvalue weighted by Crippen LogP contribution is 2.42. The molecule has 4 nitrogen and oxygen atoms in total. The molecule has 0 atom stereocenters. The summed E-state index contributed by atoms with van der Waals surface area (Å²) in [4.78, 5) is 13.3. The van der Waals surface area contributed by atoms with Crippen molar-refractivity contribution in [1.29, 1.82) is 0 Å². The van der Waals surface area contributed by atoms with Crippen molar-refractivity contribution < 1.29 is 17.6 Å². The molecule has 1 aliphatic carbocycles. The molecule has 3 heterocycles. The molecule has 8 heteroatoms. The van der Waals surface area contributed by atoms with E-state index in [-0.39, 0.29) is 17.1 Å². The van der Waals surface area contributed by atoms with Gasteiger partial charge in [-0.3, -0.25) is 0 Å². The molecular weight excluding hydrogens is 351 g/mol. The lowest BCUT2D eigenvalue weighted by Crippen LogP contribution is -2.04. The second-order valence-electron chi connectivity index (χ2n) is 5.89. The van der Waals surface area contributed by atoms with Crippen molar-refractivity contribution >= 4 is 23.0 Å². The van der Waals surface area contributed by atoms with Crippen molar-refractivity contribution in [3.63, 3.8) is 0 Å². The van der Waals surface area contributed by atoms with Gasteiger partial charge in [0.15, 0.2) is 0 Å². The Morgan fingerprint density at radius 3 is 2.68 bits per heavy atom. The number of alkyl halides is 3. The van der Waals surface area contributed by atoms with E-state index in [1.54, 1.807) is 18.0 Å². The first-order valence-corrected chi connectivity index (χ1v) is 8.91. The van der Waals surface area contributed by atoms with Gasteiger partial charge in [0.2, 0.25) is 11.6 Å². The zero-order valence-electron chi connectivity index (χ0n) is 13.3. The summed E-state index contributed by atoms with van der Waals surface area (Å²) in [7, 11) is 0. The van der Waals surface area contributed by atoms with E-state index in [0.29, 0.717) is 11.6 Å². The second-order valence-corrected chi connectivity index (χ2v) is 7.19. The van der Waals surface area contributed by atoms with Crippen LogP contribution in [-0.4, -0.2) is 20.7 Å². The summed E-state index contributed by atoms with van der Waals surface area (Å²) in [6.07, 6.45) is 0.432. The molecule has 0 N–H and O–H groups in total. The second kappa shape index (κ2) is 6.01. The van der Waals surface area contributed by atoms with Gasteiger partial charge in [0.05, 0.1) is 5.56 Å². The summed E-state index contributed by atoms with van der Waals surface area (Å²) < 4.78 is 44.0. The van der Waals surface area contributed by atoms with E-state index in [0.717, 1.165) is 22.9 Å². The monoisotopic (exact) mass is 365 g/mol. The van der Waals surface area contributed by atoms with E-state index in [1.807, 2.05) is 6.92 Å². The molecule has 1 saturated carbocycles. The zero-order valence-corrected chi connectivity index (χ0v) is 14.1. The molecule has 1 aliphatic rings. The van der Waals surface area contributed by atoms with E-state index in [9.17, 15) is 13.2 Å². The molecule has 0 spiro atoms. The summed E-state index contributed by atoms with van der Waals surface area (Å²) in [6.45, 7) is 2.03. The van der Waals surface area contributed by atoms with Crippen LogP contribution in [0.4, 0.5) is 13.2 Å². The minimum absolute atomic E-state index is 0.0727. The number of nitrogens with zero attached hydrogens (tertiary/aromatic N) is 3. The predicted octanol–water partition coefficient (Wildman–Crippen LogP) is 5.29. The number of hydrogen-bond acceptors (Lipinski definition) is 5. The van der Waals surface area contributed by atoms with E-state index in [1.165, 1.54) is 18.4 Å². The summed E-state index contributed by atoms with van der Waals surface area (Å²) in [6, 6.07) is 3.03. The van der Waals surface area contributed by atoms with Gasteiger partial charge >= 0.3 is 6.18 Å². The highest BCUT2D eigenvalue weighted by molar-refractivity contribution is 7.99. The van der Waals surface area contributed by atoms with Crippen molar-refractivity contribution in [2.75, 3.05) is 5.75 Å². The van der Waals surface area contributed by atoms with Crippen LogP contribution in [0, 0.1) is 0 Å². The lowest BCUT2D eigenvalue weighted by molar-refractivity contribution is -0.137. The van der Waals surface area contributed by atoms with Gasteiger partial charge in [-0.2, -0.15) is 13.2 Å². The minimum Gasteiger partial charge on any atom is -0.416 e. The number of hydrogen-bond donors (Lipinski definition) is 0. The largest absolute Gasteiger partial charge is 0.417 e. The average Bonchev–Trinajstić information content (AvgIpc) is 3.33. The first-order chi connectivity index (χ1) is 12.0. The Kier molecular flexibility index (Phi) is 3.94. The van der Waals surface area contributed by atoms with E-state index in [4.69, 9.17) is 4.42 Å². The Morgan fingerprint density at radius 2 is 2.00 bits per heavy atom. The lowest BCUT2D eigenvalue weighted by Gasteiger charge is -2.06. The van der Waals surface area contributed by atoms with Crippen molar-refractivity contribution in [3.8, 4) is 11.6 Å². The highest BCUT2D eigenvalue weighted by atomic mass is 32.2. The van der Waals surface area contributed by atoms with Gasteiger partial charge < -0.3 is 4.42 Å². The molecule has 0 radical (unpaired) electrons. The van der Waals surface area contributed by atoms with Crippen LogP contribution in [0.1, 0.15) is 36.8 Å². The van der Waals surface area contributed by atoms with Gasteiger partial charge in [-0.15, -0.1) is 11.8 Å². The Balaban J connectivity index is 1.78. The van der Waals surface area contributed by atoms with E-state index in [2.05, 4.69) is 21.0 Å². The van der Waals surface area contributed by atoms with Crippen LogP contribution in [0.15, 0.2) is 33.8 Å². The Bertz CT molecular complexity index is 935. The maximum absolute atomic E-state index is 12.8. The first-order valence-electron chi connectivity index (χ1n) is 7.92. The predicted molar refractivity (Wildman–Crippen MR) is 88.4 cm³/mol. The molecule has 3 aromatic heterocycles. The summed E-state index contributed by atoms with van der Waals surface area (Å²) >= 11 is 1.61. The maximum Gasteiger partial charge on any atom is 0.417 e. The van der Waals surface area contributed by atoms with Gasteiger partial charge in [-0.1, -0.05) is 6.92 Å². The quantitative estimate of drug-likeness (QED) is 0.588. The molecule has 1 fully saturated rings. The summed E-state index contributed by atoms with van der Waals surface area (Å²) in [5, 5.41) is 0. The van der Waals surface area contributed by atoms with Crippen molar-refractivity contribution in [2.45, 2.75) is 36.8 Å². The summed E-state index contributed by atoms with van der Waals surface area (Å²) in [5.41, 5.74) is 1.03. The molecule has 0 aliphatic heterocycles. The number of oxazole rings is 1. The van der Waals surface area contributed by atoms with E-state index < -0.39 is 11.7 Å². The molecule has 25 heavy (non-hydrogen) atoms. The molecule has 0 unspecified atom stereocenters. The van der Waals surface area contributed by atoms with Crippen LogP contribution in [0.25, 0.3) is 22.8 Å². The lowest BCUT2D eigenvalue weighted by atomic mass is 10.2. The molecule has 0 amide bonds. The third-order valence-electron chi connectivity index (χ3n) is 4.00. The Morgan fingerprint density at radius 1 is 1.20 bits per heavy atom. The SMILES string of the molecule is CCSc1cc(C2CC2)cnc1-c1nc2cc(C(F)(F)F)cnc2o1. The number of thioether (sulfide) groups is 1. The zero-order chi connectivity index (χ0) is 17.6. The smallest absolute Gasteiger partial charge is 0.416 e. The van der Waals surface area contributed by atoms with Crippen LogP contribution >= 0.6 is 11.8 Å². The molecule has 0 saturated heterocycles. The number of rotatable bonds is 4. The third kappa shape index (κ3) is 3.22. The fourth-order valence-corrected chi connectivity index (χ4v) is 3.41. The van der Waals surface area contributed by atoms with Gasteiger partial charge in [0.1, 0.15) is 11.2 Å². The maximum atomic E-state index is 12.8. The van der Waals surface area contributed by atoms with Crippen molar-refractivity contribution in [1.82, 2.24) is 15.0 Å². The highest BCUT2D eigenvalue weighted by Gasteiger charge is 2.32. The van der Waals surface area contributed by atoms with Gasteiger partial charge in [-0.05, 0) is 42.2 Å². The fourth-order valence-electron chi connectivity index (χ4n) is 2.61. The number of aromatic nitrogens is 3. The minimum atomic E-state index is -4.46. The first kappa shape index (κ1) is 16.4. The molecule has 0 bridgehead atoms. The standard InChI is InChI=1S/C17H14F3N3OS/c1-2-25-13-5-10(9-3-4-9)7-21-14(13)16-23-12-6-11(17(18,19)20)8-22-15(12)24-16/h5-9H,2-4H2,1H3. The van der Waals surface area contributed by atoms with Gasteiger partial charge in [0.25, 0.3) is 0 Å². The number of fused-ring (bicyclic) bond motifs is 1. The number of pyridine rings is 2. The van der Waals surface area contributed by atoms with Crippen LogP contribution < -0.4 is 0 Å². The van der Waals surface area contributed by atoms with Gasteiger partial charge in [-0.25, -0.2) is 15.0 Å². The molecule has 3 aromatic rings. The molecular formula is C17H14F3N3OS. The molecule has 130 valence electrons. The van der Waals surface area contributed by atoms with E-state index >= 15 is 0 Å². The normalized spacial score (nSPS) is 15.0. The Labute approximate surface area is 145 Å².